The van der Waals surface area contributed by atoms with Gasteiger partial charge >= 0.3 is 5.97 Å². The molecular weight excluding hydrogens is 340 g/mol. The highest BCUT2D eigenvalue weighted by Crippen LogP contribution is 2.36. The number of rotatable bonds is 7. The van der Waals surface area contributed by atoms with Crippen LogP contribution in [0.1, 0.15) is 93.4 Å². The van der Waals surface area contributed by atoms with Gasteiger partial charge in [-0.05, 0) is 32.1 Å². The predicted molar refractivity (Wildman–Crippen MR) is 117 cm³/mol. The molecule has 0 aromatic heterocycles. The van der Waals surface area contributed by atoms with E-state index < -0.39 is 18.2 Å². The Morgan fingerprint density at radius 3 is 1.96 bits per heavy atom. The highest BCUT2D eigenvalue weighted by molar-refractivity contribution is 5.66. The van der Waals surface area contributed by atoms with Crippen LogP contribution in [0, 0.1) is 11.8 Å². The van der Waals surface area contributed by atoms with Gasteiger partial charge < -0.3 is 15.3 Å². The zero-order chi connectivity index (χ0) is 21.7. The summed E-state index contributed by atoms with van der Waals surface area (Å²) in [6, 6.07) is 0. The number of allylic oxidation sites excluding steroid dienone is 3. The lowest BCUT2D eigenvalue weighted by Crippen LogP contribution is -2.19. The van der Waals surface area contributed by atoms with Gasteiger partial charge in [-0.3, -0.25) is 4.79 Å². The van der Waals surface area contributed by atoms with Gasteiger partial charge in [0, 0.05) is 18.8 Å². The topological polar surface area (TPSA) is 77.8 Å². The smallest absolute Gasteiger partial charge is 0.303 e. The second kappa shape index (κ2) is 22.9. The van der Waals surface area contributed by atoms with E-state index >= 15 is 0 Å². The lowest BCUT2D eigenvalue weighted by molar-refractivity contribution is -0.137. The van der Waals surface area contributed by atoms with E-state index in [2.05, 4.69) is 27.7 Å². The van der Waals surface area contributed by atoms with Gasteiger partial charge in [-0.1, -0.05) is 78.7 Å². The molecule has 4 atom stereocenters. The lowest BCUT2D eigenvalue weighted by atomic mass is 9.90. The Morgan fingerprint density at radius 2 is 1.52 bits per heavy atom. The van der Waals surface area contributed by atoms with Crippen LogP contribution in [0.3, 0.4) is 0 Å². The minimum absolute atomic E-state index is 0.0173. The first-order valence-electron chi connectivity index (χ1n) is 10.7. The molecule has 162 valence electrons. The highest BCUT2D eigenvalue weighted by atomic mass is 16.4. The molecule has 1 aliphatic carbocycles. The maximum absolute atomic E-state index is 10.3. The van der Waals surface area contributed by atoms with Crippen molar-refractivity contribution in [2.24, 2.45) is 11.8 Å². The third-order valence-corrected chi connectivity index (χ3v) is 3.67. The van der Waals surface area contributed by atoms with E-state index in [0.717, 1.165) is 12.8 Å². The fraction of sp³-hybridized carbons (Fsp3) is 0.783. The van der Waals surface area contributed by atoms with Crippen LogP contribution in [0.5, 0.6) is 0 Å². The lowest BCUT2D eigenvalue weighted by Gasteiger charge is -2.18. The van der Waals surface area contributed by atoms with Gasteiger partial charge in [-0.2, -0.15) is 0 Å². The Labute approximate surface area is 168 Å². The van der Waals surface area contributed by atoms with E-state index in [1.54, 1.807) is 0 Å². The monoisotopic (exact) mass is 386 g/mol. The third kappa shape index (κ3) is 18.0. The summed E-state index contributed by atoms with van der Waals surface area (Å²) in [6.45, 7) is 14.4. The molecule has 0 amide bonds. The summed E-state index contributed by atoms with van der Waals surface area (Å²) in [5.41, 5.74) is 0. The van der Waals surface area contributed by atoms with Crippen molar-refractivity contribution in [3.63, 3.8) is 0 Å². The standard InChI is InChI=1S/C15H24O4.2C3H8.C2H6/c1-2-7-11-12(14(17)10-13(11)16)8-5-3-4-6-9-15(18)19;2*1-3-2;1-2/h2-3,5,7,11-14,16-17H,4,6,8-10H2,1H3,(H,18,19);2*3H2,1-2H3;1-2H3/b5-3-,7-2+;;;/t11-,12-,13-,14+;;;/m1.../s1. The molecule has 1 aliphatic rings. The number of hydrogen-bond acceptors (Lipinski definition) is 3. The summed E-state index contributed by atoms with van der Waals surface area (Å²) in [6.07, 6.45) is 12.1. The zero-order valence-corrected chi connectivity index (χ0v) is 18.8. The number of aliphatic carboxylic acids is 1. The molecule has 0 heterocycles. The van der Waals surface area contributed by atoms with Crippen LogP contribution in [0.2, 0.25) is 0 Å². The van der Waals surface area contributed by atoms with Crippen molar-refractivity contribution in [2.45, 2.75) is 106 Å². The summed E-state index contributed by atoms with van der Waals surface area (Å²) in [5, 5.41) is 28.3. The van der Waals surface area contributed by atoms with Gasteiger partial charge in [0.1, 0.15) is 0 Å². The molecule has 0 aromatic carbocycles. The van der Waals surface area contributed by atoms with E-state index in [-0.39, 0.29) is 18.3 Å². The van der Waals surface area contributed by atoms with Crippen molar-refractivity contribution < 1.29 is 20.1 Å². The number of carboxylic acids is 1. The van der Waals surface area contributed by atoms with Gasteiger partial charge in [0.05, 0.1) is 12.2 Å². The zero-order valence-electron chi connectivity index (χ0n) is 18.8. The van der Waals surface area contributed by atoms with Crippen LogP contribution in [-0.4, -0.2) is 33.5 Å². The number of aliphatic hydroxyl groups excluding tert-OH is 2. The molecule has 0 bridgehead atoms. The molecule has 0 unspecified atom stereocenters. The first-order valence-corrected chi connectivity index (χ1v) is 10.7. The molecule has 1 saturated carbocycles. The molecular formula is C23H46O4. The maximum atomic E-state index is 10.3. The summed E-state index contributed by atoms with van der Waals surface area (Å²) in [7, 11) is 0. The molecule has 0 saturated heterocycles. The van der Waals surface area contributed by atoms with Crippen LogP contribution in [0.4, 0.5) is 0 Å². The number of carboxylic acid groups (broad SMARTS) is 1. The molecule has 1 rings (SSSR count). The Bertz CT molecular complexity index is 361. The highest BCUT2D eigenvalue weighted by Gasteiger charge is 2.39. The van der Waals surface area contributed by atoms with Crippen molar-refractivity contribution in [1.29, 1.82) is 0 Å². The van der Waals surface area contributed by atoms with Crippen molar-refractivity contribution in [3.05, 3.63) is 24.3 Å². The SMILES string of the molecule is C/C=C/[C@@H]1[C@@H](C/C=C\CCCC(=O)O)[C@@H](O)C[C@H]1O.CC.CCC.CCC. The van der Waals surface area contributed by atoms with Crippen LogP contribution >= 0.6 is 0 Å². The Kier molecular flexibility index (Phi) is 26.0. The Balaban J connectivity index is -0.000000620. The minimum Gasteiger partial charge on any atom is -0.481 e. The Hall–Kier alpha value is -1.13. The van der Waals surface area contributed by atoms with Gasteiger partial charge in [-0.15, -0.1) is 0 Å². The van der Waals surface area contributed by atoms with Crippen LogP contribution in [0.25, 0.3) is 0 Å². The first kappa shape index (κ1) is 30.6. The molecule has 4 nitrogen and oxygen atoms in total. The average Bonchev–Trinajstić information content (AvgIpc) is 2.88. The van der Waals surface area contributed by atoms with Crippen LogP contribution in [0.15, 0.2) is 24.3 Å². The minimum atomic E-state index is -0.768. The summed E-state index contributed by atoms with van der Waals surface area (Å²) < 4.78 is 0. The average molecular weight is 387 g/mol. The summed E-state index contributed by atoms with van der Waals surface area (Å²) in [5.74, 6) is -0.693. The molecule has 0 radical (unpaired) electrons. The van der Waals surface area contributed by atoms with Crippen molar-refractivity contribution in [3.8, 4) is 0 Å². The van der Waals surface area contributed by atoms with E-state index in [0.29, 0.717) is 12.8 Å². The Morgan fingerprint density at radius 1 is 1.00 bits per heavy atom. The van der Waals surface area contributed by atoms with Crippen molar-refractivity contribution >= 4 is 5.97 Å². The largest absolute Gasteiger partial charge is 0.481 e. The molecule has 3 N–H and O–H groups in total. The molecule has 1 fully saturated rings. The van der Waals surface area contributed by atoms with Gasteiger partial charge in [0.2, 0.25) is 0 Å². The molecule has 4 heteroatoms. The fourth-order valence-corrected chi connectivity index (χ4v) is 2.67. The second-order valence-corrected chi connectivity index (χ2v) is 6.54. The van der Waals surface area contributed by atoms with Crippen molar-refractivity contribution in [1.82, 2.24) is 0 Å². The molecule has 0 aliphatic heterocycles. The first-order chi connectivity index (χ1) is 12.9. The second-order valence-electron chi connectivity index (χ2n) is 6.54. The van der Waals surface area contributed by atoms with E-state index in [4.69, 9.17) is 5.11 Å². The fourth-order valence-electron chi connectivity index (χ4n) is 2.67. The predicted octanol–water partition coefficient (Wildman–Crippen LogP) is 5.98. The number of hydrogen-bond donors (Lipinski definition) is 3. The van der Waals surface area contributed by atoms with Crippen LogP contribution in [-0.2, 0) is 4.79 Å². The van der Waals surface area contributed by atoms with E-state index in [1.807, 2.05) is 45.1 Å². The quantitative estimate of drug-likeness (QED) is 0.371. The van der Waals surface area contributed by atoms with Crippen molar-refractivity contribution in [2.75, 3.05) is 0 Å². The summed E-state index contributed by atoms with van der Waals surface area (Å²) >= 11 is 0. The summed E-state index contributed by atoms with van der Waals surface area (Å²) in [4.78, 5) is 10.3. The van der Waals surface area contributed by atoms with E-state index in [9.17, 15) is 15.0 Å². The number of carbonyl (C=O) groups is 1. The third-order valence-electron chi connectivity index (χ3n) is 3.67. The molecule has 27 heavy (non-hydrogen) atoms. The van der Waals surface area contributed by atoms with Crippen LogP contribution < -0.4 is 0 Å². The maximum Gasteiger partial charge on any atom is 0.303 e. The molecule has 0 aromatic rings. The molecule has 0 spiro atoms. The number of aliphatic hydroxyl groups is 2. The van der Waals surface area contributed by atoms with Gasteiger partial charge in [0.25, 0.3) is 0 Å². The normalized spacial score (nSPS) is 23.7. The van der Waals surface area contributed by atoms with E-state index in [1.165, 1.54) is 12.8 Å². The number of unbranched alkanes of at least 4 members (excludes halogenated alkanes) is 1. The van der Waals surface area contributed by atoms with Gasteiger partial charge in [-0.25, -0.2) is 0 Å². The van der Waals surface area contributed by atoms with Gasteiger partial charge in [0.15, 0.2) is 0 Å².